The SMILES string of the molecule is Cc1cccn2cc(COc3ccc(C(=O)NCC(N)C4CC4)cc3)nc12. The third-order valence-corrected chi connectivity index (χ3v) is 4.96. The van der Waals surface area contributed by atoms with Crippen molar-refractivity contribution in [2.45, 2.75) is 32.4 Å². The molecule has 3 N–H and O–H groups in total. The zero-order valence-corrected chi connectivity index (χ0v) is 15.4. The lowest BCUT2D eigenvalue weighted by Crippen LogP contribution is -2.38. The number of carbonyl (C=O) groups is 1. The fourth-order valence-corrected chi connectivity index (χ4v) is 3.14. The van der Waals surface area contributed by atoms with E-state index in [1.807, 2.05) is 35.9 Å². The zero-order valence-electron chi connectivity index (χ0n) is 15.4. The molecule has 140 valence electrons. The number of amides is 1. The maximum atomic E-state index is 12.2. The van der Waals surface area contributed by atoms with E-state index in [1.54, 1.807) is 24.3 Å². The smallest absolute Gasteiger partial charge is 0.251 e. The molecule has 1 aromatic carbocycles. The van der Waals surface area contributed by atoms with Gasteiger partial charge in [0.05, 0.1) is 5.69 Å². The van der Waals surface area contributed by atoms with Gasteiger partial charge in [-0.2, -0.15) is 0 Å². The van der Waals surface area contributed by atoms with Crippen LogP contribution in [0, 0.1) is 12.8 Å². The largest absolute Gasteiger partial charge is 0.487 e. The molecule has 0 spiro atoms. The Kier molecular flexibility index (Phi) is 4.81. The molecule has 1 saturated carbocycles. The number of fused-ring (bicyclic) bond motifs is 1. The van der Waals surface area contributed by atoms with Crippen molar-refractivity contribution in [1.82, 2.24) is 14.7 Å². The van der Waals surface area contributed by atoms with Gasteiger partial charge in [0, 0.05) is 30.5 Å². The Bertz CT molecular complexity index is 944. The summed E-state index contributed by atoms with van der Waals surface area (Å²) in [5, 5.41) is 2.90. The first-order valence-corrected chi connectivity index (χ1v) is 9.30. The topological polar surface area (TPSA) is 81.7 Å². The van der Waals surface area contributed by atoms with Crippen LogP contribution in [0.4, 0.5) is 0 Å². The van der Waals surface area contributed by atoms with E-state index in [-0.39, 0.29) is 11.9 Å². The number of rotatable bonds is 7. The fraction of sp³-hybridized carbons (Fsp3) is 0.333. The molecule has 0 aliphatic heterocycles. The van der Waals surface area contributed by atoms with Crippen molar-refractivity contribution in [3.8, 4) is 5.75 Å². The van der Waals surface area contributed by atoms with Crippen molar-refractivity contribution >= 4 is 11.6 Å². The van der Waals surface area contributed by atoms with E-state index in [0.717, 1.165) is 16.9 Å². The predicted octanol–water partition coefficient (Wildman–Crippen LogP) is 2.69. The Morgan fingerprint density at radius 3 is 2.81 bits per heavy atom. The fourth-order valence-electron chi connectivity index (χ4n) is 3.14. The summed E-state index contributed by atoms with van der Waals surface area (Å²) in [5.41, 5.74) is 9.55. The first kappa shape index (κ1) is 17.5. The molecule has 0 radical (unpaired) electrons. The maximum Gasteiger partial charge on any atom is 0.251 e. The molecule has 1 unspecified atom stereocenters. The van der Waals surface area contributed by atoms with Crippen LogP contribution in [0.3, 0.4) is 0 Å². The first-order valence-electron chi connectivity index (χ1n) is 9.30. The molecule has 1 fully saturated rings. The number of nitrogens with zero attached hydrogens (tertiary/aromatic N) is 2. The van der Waals surface area contributed by atoms with Crippen LogP contribution in [-0.2, 0) is 6.61 Å². The summed E-state index contributed by atoms with van der Waals surface area (Å²) in [6.45, 7) is 2.94. The standard InChI is InChI=1S/C21H24N4O2/c1-14-3-2-10-25-12-17(24-20(14)25)13-27-18-8-6-16(7-9-18)21(26)23-11-19(22)15-4-5-15/h2-3,6-10,12,15,19H,4-5,11,13,22H2,1H3,(H,23,26). The van der Waals surface area contributed by atoms with Gasteiger partial charge in [-0.15, -0.1) is 0 Å². The van der Waals surface area contributed by atoms with Crippen LogP contribution in [0.1, 0.15) is 34.5 Å². The van der Waals surface area contributed by atoms with E-state index in [1.165, 1.54) is 12.8 Å². The number of nitrogens with one attached hydrogen (secondary N) is 1. The average Bonchev–Trinajstić information content (AvgIpc) is 3.44. The number of aryl methyl sites for hydroxylation is 1. The van der Waals surface area contributed by atoms with Gasteiger partial charge in [0.15, 0.2) is 0 Å². The highest BCUT2D eigenvalue weighted by molar-refractivity contribution is 5.94. The normalized spacial score (nSPS) is 14.9. The minimum absolute atomic E-state index is 0.0608. The lowest BCUT2D eigenvalue weighted by atomic mass is 10.1. The number of nitrogens with two attached hydrogens (primary N) is 1. The summed E-state index contributed by atoms with van der Waals surface area (Å²) in [7, 11) is 0. The second kappa shape index (κ2) is 7.40. The molecule has 2 heterocycles. The molecule has 1 amide bonds. The molecular formula is C21H24N4O2. The van der Waals surface area contributed by atoms with Crippen LogP contribution in [0.5, 0.6) is 5.75 Å². The Labute approximate surface area is 158 Å². The van der Waals surface area contributed by atoms with E-state index in [4.69, 9.17) is 10.5 Å². The molecule has 27 heavy (non-hydrogen) atoms. The minimum atomic E-state index is -0.103. The van der Waals surface area contributed by atoms with Gasteiger partial charge in [-0.1, -0.05) is 6.07 Å². The molecule has 1 aliphatic carbocycles. The zero-order chi connectivity index (χ0) is 18.8. The lowest BCUT2D eigenvalue weighted by Gasteiger charge is -2.12. The van der Waals surface area contributed by atoms with Gasteiger partial charge in [0.1, 0.15) is 18.0 Å². The Morgan fingerprint density at radius 1 is 1.33 bits per heavy atom. The molecule has 6 nitrogen and oxygen atoms in total. The third-order valence-electron chi connectivity index (χ3n) is 4.96. The van der Waals surface area contributed by atoms with Gasteiger partial charge < -0.3 is 20.2 Å². The quantitative estimate of drug-likeness (QED) is 0.675. The molecule has 1 atom stereocenters. The monoisotopic (exact) mass is 364 g/mol. The van der Waals surface area contributed by atoms with E-state index in [0.29, 0.717) is 30.4 Å². The van der Waals surface area contributed by atoms with Crippen LogP contribution in [0.2, 0.25) is 0 Å². The number of ether oxygens (including phenoxy) is 1. The second-order valence-electron chi connectivity index (χ2n) is 7.18. The summed E-state index contributed by atoms with van der Waals surface area (Å²) < 4.78 is 7.80. The highest BCUT2D eigenvalue weighted by atomic mass is 16.5. The molecule has 6 heteroatoms. The molecule has 1 aliphatic rings. The number of hydrogen-bond acceptors (Lipinski definition) is 4. The Hall–Kier alpha value is -2.86. The third kappa shape index (κ3) is 4.11. The molecule has 0 saturated heterocycles. The van der Waals surface area contributed by atoms with Crippen LogP contribution in [0.15, 0.2) is 48.8 Å². The minimum Gasteiger partial charge on any atom is -0.487 e. The van der Waals surface area contributed by atoms with E-state index in [9.17, 15) is 4.79 Å². The highest BCUT2D eigenvalue weighted by Crippen LogP contribution is 2.31. The second-order valence-corrected chi connectivity index (χ2v) is 7.18. The number of pyridine rings is 1. The number of hydrogen-bond donors (Lipinski definition) is 2. The summed E-state index contributed by atoms with van der Waals surface area (Å²) in [5.74, 6) is 1.17. The van der Waals surface area contributed by atoms with Crippen molar-refractivity contribution in [3.63, 3.8) is 0 Å². The van der Waals surface area contributed by atoms with Crippen molar-refractivity contribution in [2.75, 3.05) is 6.54 Å². The molecular weight excluding hydrogens is 340 g/mol. The first-order chi connectivity index (χ1) is 13.1. The summed E-state index contributed by atoms with van der Waals surface area (Å²) in [6, 6.07) is 11.2. The molecule has 2 aromatic heterocycles. The van der Waals surface area contributed by atoms with Crippen molar-refractivity contribution in [1.29, 1.82) is 0 Å². The summed E-state index contributed by atoms with van der Waals surface area (Å²) >= 11 is 0. The molecule has 3 aromatic rings. The summed E-state index contributed by atoms with van der Waals surface area (Å²) in [4.78, 5) is 16.8. The van der Waals surface area contributed by atoms with Crippen LogP contribution in [-0.4, -0.2) is 27.9 Å². The molecule has 4 rings (SSSR count). The van der Waals surface area contributed by atoms with Crippen LogP contribution >= 0.6 is 0 Å². The van der Waals surface area contributed by atoms with Crippen LogP contribution in [0.25, 0.3) is 5.65 Å². The van der Waals surface area contributed by atoms with Gasteiger partial charge in [0.25, 0.3) is 5.91 Å². The Balaban J connectivity index is 1.32. The van der Waals surface area contributed by atoms with Crippen molar-refractivity contribution < 1.29 is 9.53 Å². The number of benzene rings is 1. The van der Waals surface area contributed by atoms with Gasteiger partial charge >= 0.3 is 0 Å². The number of imidazole rings is 1. The van der Waals surface area contributed by atoms with Gasteiger partial charge in [-0.05, 0) is 61.6 Å². The maximum absolute atomic E-state index is 12.2. The van der Waals surface area contributed by atoms with Crippen LogP contribution < -0.4 is 15.8 Å². The number of aromatic nitrogens is 2. The van der Waals surface area contributed by atoms with Gasteiger partial charge in [-0.3, -0.25) is 4.79 Å². The molecule has 0 bridgehead atoms. The van der Waals surface area contributed by atoms with E-state index < -0.39 is 0 Å². The summed E-state index contributed by atoms with van der Waals surface area (Å²) in [6.07, 6.45) is 6.29. The van der Waals surface area contributed by atoms with E-state index >= 15 is 0 Å². The van der Waals surface area contributed by atoms with E-state index in [2.05, 4.69) is 10.3 Å². The van der Waals surface area contributed by atoms with Crippen molar-refractivity contribution in [3.05, 3.63) is 65.6 Å². The highest BCUT2D eigenvalue weighted by Gasteiger charge is 2.28. The average molecular weight is 364 g/mol. The van der Waals surface area contributed by atoms with Gasteiger partial charge in [-0.25, -0.2) is 4.98 Å². The van der Waals surface area contributed by atoms with Gasteiger partial charge in [0.2, 0.25) is 0 Å². The number of carbonyl (C=O) groups excluding carboxylic acids is 1. The predicted molar refractivity (Wildman–Crippen MR) is 104 cm³/mol. The van der Waals surface area contributed by atoms with Crippen molar-refractivity contribution in [2.24, 2.45) is 11.7 Å². The lowest BCUT2D eigenvalue weighted by molar-refractivity contribution is 0.0950. The Morgan fingerprint density at radius 2 is 2.11 bits per heavy atom.